The van der Waals surface area contributed by atoms with Crippen molar-refractivity contribution in [2.24, 2.45) is 0 Å². The molecule has 1 atom stereocenters. The molecule has 4 rings (SSSR count). The zero-order valence-corrected chi connectivity index (χ0v) is 24.5. The molecular weight excluding hydrogens is 554 g/mol. The minimum Gasteiger partial charge on any atom is -0.325 e. The highest BCUT2D eigenvalue weighted by atomic mass is 35.5. The topological polar surface area (TPSA) is 87.3 Å². The Kier molecular flexibility index (Phi) is 10.0. The lowest BCUT2D eigenvalue weighted by molar-refractivity contribution is -0.115. The fraction of sp³-hybridized carbons (Fsp3) is 0.121. The van der Waals surface area contributed by atoms with E-state index in [9.17, 15) is 14.4 Å². The van der Waals surface area contributed by atoms with E-state index in [1.807, 2.05) is 51.1 Å². The van der Waals surface area contributed by atoms with Gasteiger partial charge in [-0.1, -0.05) is 54.1 Å². The SMILES string of the molecule is Cc1ccc(NC(=O)C(C)Sc2cccc(NC(=O)/C(=C/c3cccc(Cl)c3)NC(=O)c3ccccc3)c2)cc1C. The number of benzene rings is 4. The Hall–Kier alpha value is -4.33. The standard InChI is InChI=1S/C33H30ClN3O3S/c1-21-15-16-28(17-22(21)2)35-31(38)23(3)41-29-14-8-13-27(20-29)36-33(40)30(19-24-9-7-12-26(34)18-24)37-32(39)25-10-5-4-6-11-25/h4-20,23H,1-3H3,(H,35,38)(H,36,40)(H,37,39)/b30-19-. The molecule has 0 saturated heterocycles. The molecule has 0 saturated carbocycles. The number of hydrogen-bond donors (Lipinski definition) is 3. The average Bonchev–Trinajstić information content (AvgIpc) is 2.95. The molecule has 41 heavy (non-hydrogen) atoms. The van der Waals surface area contributed by atoms with Crippen LogP contribution in [0.1, 0.15) is 34.0 Å². The largest absolute Gasteiger partial charge is 0.325 e. The number of rotatable bonds is 9. The number of hydrogen-bond acceptors (Lipinski definition) is 4. The highest BCUT2D eigenvalue weighted by Gasteiger charge is 2.17. The number of thioether (sulfide) groups is 1. The van der Waals surface area contributed by atoms with E-state index >= 15 is 0 Å². The van der Waals surface area contributed by atoms with Crippen molar-refractivity contribution < 1.29 is 14.4 Å². The van der Waals surface area contributed by atoms with Crippen molar-refractivity contribution in [3.05, 3.63) is 130 Å². The number of halogens is 1. The van der Waals surface area contributed by atoms with Gasteiger partial charge in [-0.2, -0.15) is 0 Å². The summed E-state index contributed by atoms with van der Waals surface area (Å²) in [6.45, 7) is 5.86. The van der Waals surface area contributed by atoms with Crippen molar-refractivity contribution >= 4 is 58.5 Å². The van der Waals surface area contributed by atoms with Gasteiger partial charge in [0, 0.05) is 26.9 Å². The number of nitrogens with one attached hydrogen (secondary N) is 3. The molecule has 0 heterocycles. The number of anilines is 2. The molecule has 4 aromatic carbocycles. The lowest BCUT2D eigenvalue weighted by Gasteiger charge is -2.14. The summed E-state index contributed by atoms with van der Waals surface area (Å²) in [7, 11) is 0. The molecule has 0 aliphatic rings. The summed E-state index contributed by atoms with van der Waals surface area (Å²) in [6, 6.07) is 28.7. The van der Waals surface area contributed by atoms with Crippen molar-refractivity contribution in [3.63, 3.8) is 0 Å². The monoisotopic (exact) mass is 583 g/mol. The predicted molar refractivity (Wildman–Crippen MR) is 168 cm³/mol. The first kappa shape index (κ1) is 29.6. The molecule has 3 amide bonds. The minimum absolute atomic E-state index is 0.0558. The molecule has 0 radical (unpaired) electrons. The fourth-order valence-corrected chi connectivity index (χ4v) is 5.00. The molecule has 0 fully saturated rings. The van der Waals surface area contributed by atoms with E-state index in [2.05, 4.69) is 16.0 Å². The second-order valence-electron chi connectivity index (χ2n) is 9.46. The van der Waals surface area contributed by atoms with Crippen molar-refractivity contribution in [1.29, 1.82) is 0 Å². The third-order valence-electron chi connectivity index (χ3n) is 6.24. The summed E-state index contributed by atoms with van der Waals surface area (Å²) in [6.07, 6.45) is 1.57. The molecule has 1 unspecified atom stereocenters. The van der Waals surface area contributed by atoms with Crippen LogP contribution in [0.5, 0.6) is 0 Å². The van der Waals surface area contributed by atoms with Crippen LogP contribution in [0.15, 0.2) is 108 Å². The minimum atomic E-state index is -0.503. The lowest BCUT2D eigenvalue weighted by atomic mass is 10.1. The van der Waals surface area contributed by atoms with Gasteiger partial charge < -0.3 is 16.0 Å². The van der Waals surface area contributed by atoms with Crippen LogP contribution in [-0.2, 0) is 9.59 Å². The first-order chi connectivity index (χ1) is 19.7. The van der Waals surface area contributed by atoms with Crippen LogP contribution in [-0.4, -0.2) is 23.0 Å². The molecule has 0 bridgehead atoms. The smallest absolute Gasteiger partial charge is 0.272 e. The molecular formula is C33H30ClN3O3S. The number of amides is 3. The Morgan fingerprint density at radius 3 is 2.24 bits per heavy atom. The van der Waals surface area contributed by atoms with Crippen LogP contribution in [0.3, 0.4) is 0 Å². The van der Waals surface area contributed by atoms with E-state index in [0.717, 1.165) is 21.7 Å². The van der Waals surface area contributed by atoms with Gasteiger partial charge in [-0.25, -0.2) is 0 Å². The number of aryl methyl sites for hydroxylation is 2. The van der Waals surface area contributed by atoms with Crippen molar-refractivity contribution in [3.8, 4) is 0 Å². The molecule has 0 spiro atoms. The van der Waals surface area contributed by atoms with E-state index in [4.69, 9.17) is 11.6 Å². The second kappa shape index (κ2) is 13.8. The van der Waals surface area contributed by atoms with Crippen LogP contribution in [0.25, 0.3) is 6.08 Å². The molecule has 6 nitrogen and oxygen atoms in total. The third kappa shape index (κ3) is 8.58. The van der Waals surface area contributed by atoms with Crippen LogP contribution < -0.4 is 16.0 Å². The molecule has 0 aromatic heterocycles. The van der Waals surface area contributed by atoms with E-state index in [1.54, 1.807) is 72.8 Å². The van der Waals surface area contributed by atoms with Gasteiger partial charge in [0.05, 0.1) is 5.25 Å². The number of carbonyl (C=O) groups is 3. The maximum Gasteiger partial charge on any atom is 0.272 e. The van der Waals surface area contributed by atoms with E-state index in [1.165, 1.54) is 11.8 Å². The summed E-state index contributed by atoms with van der Waals surface area (Å²) in [5, 5.41) is 8.67. The zero-order valence-electron chi connectivity index (χ0n) is 22.9. The maximum absolute atomic E-state index is 13.4. The molecule has 0 aliphatic carbocycles. The Balaban J connectivity index is 1.47. The van der Waals surface area contributed by atoms with E-state index in [0.29, 0.717) is 21.8 Å². The Bertz CT molecular complexity index is 1600. The van der Waals surface area contributed by atoms with Gasteiger partial charge in [0.15, 0.2) is 0 Å². The summed E-state index contributed by atoms with van der Waals surface area (Å²) >= 11 is 7.51. The summed E-state index contributed by atoms with van der Waals surface area (Å²) < 4.78 is 0. The molecule has 4 aromatic rings. The zero-order chi connectivity index (χ0) is 29.4. The quantitative estimate of drug-likeness (QED) is 0.141. The summed E-state index contributed by atoms with van der Waals surface area (Å²) in [4.78, 5) is 39.9. The Labute approximate surface area is 249 Å². The van der Waals surface area contributed by atoms with Crippen LogP contribution in [0.4, 0.5) is 11.4 Å². The van der Waals surface area contributed by atoms with Crippen molar-refractivity contribution in [2.75, 3.05) is 10.6 Å². The normalized spacial score (nSPS) is 11.9. The van der Waals surface area contributed by atoms with Crippen LogP contribution in [0, 0.1) is 13.8 Å². The second-order valence-corrected chi connectivity index (χ2v) is 11.3. The Morgan fingerprint density at radius 2 is 1.51 bits per heavy atom. The number of carbonyl (C=O) groups excluding carboxylic acids is 3. The highest BCUT2D eigenvalue weighted by molar-refractivity contribution is 8.00. The van der Waals surface area contributed by atoms with E-state index < -0.39 is 11.8 Å². The van der Waals surface area contributed by atoms with Gasteiger partial charge in [0.2, 0.25) is 5.91 Å². The summed E-state index contributed by atoms with van der Waals surface area (Å²) in [5.41, 5.74) is 4.67. The van der Waals surface area contributed by atoms with Crippen molar-refractivity contribution in [1.82, 2.24) is 5.32 Å². The van der Waals surface area contributed by atoms with E-state index in [-0.39, 0.29) is 16.9 Å². The maximum atomic E-state index is 13.4. The van der Waals surface area contributed by atoms with Gasteiger partial charge in [-0.3, -0.25) is 14.4 Å². The lowest BCUT2D eigenvalue weighted by Crippen LogP contribution is -2.30. The molecule has 8 heteroatoms. The van der Waals surface area contributed by atoms with Gasteiger partial charge in [-0.05, 0) is 98.1 Å². The van der Waals surface area contributed by atoms with Crippen LogP contribution in [0.2, 0.25) is 5.02 Å². The Morgan fingerprint density at radius 1 is 0.780 bits per heavy atom. The predicted octanol–water partition coefficient (Wildman–Crippen LogP) is 7.49. The molecule has 208 valence electrons. The van der Waals surface area contributed by atoms with Crippen LogP contribution >= 0.6 is 23.4 Å². The third-order valence-corrected chi connectivity index (χ3v) is 7.57. The van der Waals surface area contributed by atoms with Gasteiger partial charge >= 0.3 is 0 Å². The van der Waals surface area contributed by atoms with Gasteiger partial charge in [0.25, 0.3) is 11.8 Å². The first-order valence-electron chi connectivity index (χ1n) is 13.0. The average molecular weight is 584 g/mol. The first-order valence-corrected chi connectivity index (χ1v) is 14.2. The van der Waals surface area contributed by atoms with Crippen molar-refractivity contribution in [2.45, 2.75) is 30.9 Å². The molecule has 3 N–H and O–H groups in total. The highest BCUT2D eigenvalue weighted by Crippen LogP contribution is 2.27. The molecule has 0 aliphatic heterocycles. The fourth-order valence-electron chi connectivity index (χ4n) is 3.87. The van der Waals surface area contributed by atoms with Gasteiger partial charge in [0.1, 0.15) is 5.70 Å². The summed E-state index contributed by atoms with van der Waals surface area (Å²) in [5.74, 6) is -1.04. The van der Waals surface area contributed by atoms with Gasteiger partial charge in [-0.15, -0.1) is 11.8 Å².